The van der Waals surface area contributed by atoms with E-state index in [1.54, 1.807) is 7.11 Å². The molecule has 3 heterocycles. The summed E-state index contributed by atoms with van der Waals surface area (Å²) in [6, 6.07) is 0. The van der Waals surface area contributed by atoms with Crippen LogP contribution in [0.1, 0.15) is 18.5 Å². The van der Waals surface area contributed by atoms with Crippen LogP contribution in [0.3, 0.4) is 0 Å². The Morgan fingerprint density at radius 3 is 3.24 bits per heavy atom. The van der Waals surface area contributed by atoms with E-state index < -0.39 is 0 Å². The van der Waals surface area contributed by atoms with Crippen LogP contribution in [0, 0.1) is 5.92 Å². The van der Waals surface area contributed by atoms with Crippen molar-refractivity contribution in [3.63, 3.8) is 0 Å². The zero-order chi connectivity index (χ0) is 11.8. The summed E-state index contributed by atoms with van der Waals surface area (Å²) in [5, 5.41) is 0. The predicted octanol–water partition coefficient (Wildman–Crippen LogP) is 2.22. The van der Waals surface area contributed by atoms with E-state index in [-0.39, 0.29) is 5.50 Å². The Bertz CT molecular complexity index is 448. The van der Waals surface area contributed by atoms with Crippen LogP contribution in [0.4, 0.5) is 0 Å². The summed E-state index contributed by atoms with van der Waals surface area (Å²) in [6.45, 7) is 2.14. The van der Waals surface area contributed by atoms with Crippen LogP contribution in [0.15, 0.2) is 6.08 Å². The summed E-state index contributed by atoms with van der Waals surface area (Å²) in [4.78, 5) is 2.31. The van der Waals surface area contributed by atoms with Crippen molar-refractivity contribution in [2.24, 2.45) is 5.92 Å². The van der Waals surface area contributed by atoms with E-state index in [0.29, 0.717) is 11.8 Å². The van der Waals surface area contributed by atoms with Crippen molar-refractivity contribution in [1.29, 1.82) is 0 Å². The second-order valence-corrected chi connectivity index (χ2v) is 5.42. The Morgan fingerprint density at radius 2 is 2.41 bits per heavy atom. The molecule has 92 valence electrons. The zero-order valence-electron chi connectivity index (χ0n) is 9.60. The number of aromatic nitrogens is 2. The molecule has 0 spiro atoms. The van der Waals surface area contributed by atoms with Crippen LogP contribution < -0.4 is 4.74 Å². The molecule has 2 aliphatic rings. The van der Waals surface area contributed by atoms with Gasteiger partial charge in [-0.1, -0.05) is 6.08 Å². The lowest BCUT2D eigenvalue weighted by atomic mass is 9.90. The molecule has 0 saturated carbocycles. The molecule has 4 nitrogen and oxygen atoms in total. The zero-order valence-corrected chi connectivity index (χ0v) is 11.2. The van der Waals surface area contributed by atoms with Gasteiger partial charge in [-0.05, 0) is 25.3 Å². The van der Waals surface area contributed by atoms with E-state index in [1.165, 1.54) is 24.6 Å². The molecule has 1 fully saturated rings. The molecule has 2 bridgehead atoms. The van der Waals surface area contributed by atoms with Crippen LogP contribution in [0.5, 0.6) is 5.88 Å². The summed E-state index contributed by atoms with van der Waals surface area (Å²) in [6.07, 6.45) is 4.72. The second-order valence-electron chi connectivity index (χ2n) is 4.48. The number of hydrogen-bond acceptors (Lipinski definition) is 5. The quantitative estimate of drug-likeness (QED) is 0.611. The Hall–Kier alpha value is -0.650. The van der Waals surface area contributed by atoms with E-state index in [0.717, 1.165) is 24.4 Å². The number of halogens is 1. The predicted molar refractivity (Wildman–Crippen MR) is 68.4 cm³/mol. The number of rotatable bonds is 2. The van der Waals surface area contributed by atoms with Crippen molar-refractivity contribution in [3.8, 4) is 5.88 Å². The fraction of sp³-hybridized carbons (Fsp3) is 0.636. The van der Waals surface area contributed by atoms with Gasteiger partial charge >= 0.3 is 0 Å². The fourth-order valence-electron chi connectivity index (χ4n) is 2.59. The lowest BCUT2D eigenvalue weighted by molar-refractivity contribution is 0.191. The topological polar surface area (TPSA) is 38.3 Å². The lowest BCUT2D eigenvalue weighted by Crippen LogP contribution is -2.43. The van der Waals surface area contributed by atoms with Crippen LogP contribution in [-0.4, -0.2) is 39.3 Å². The van der Waals surface area contributed by atoms with Gasteiger partial charge in [0.05, 0.1) is 18.8 Å². The molecule has 1 saturated heterocycles. The van der Waals surface area contributed by atoms with E-state index in [9.17, 15) is 0 Å². The molecule has 3 atom stereocenters. The van der Waals surface area contributed by atoms with E-state index in [1.807, 2.05) is 0 Å². The summed E-state index contributed by atoms with van der Waals surface area (Å²) in [7, 11) is 1.62. The molecule has 1 aromatic heterocycles. The lowest BCUT2D eigenvalue weighted by Gasteiger charge is -2.39. The molecule has 1 aromatic rings. The van der Waals surface area contributed by atoms with E-state index in [2.05, 4.69) is 19.7 Å². The molecule has 0 radical (unpaired) electrons. The molecule has 2 aliphatic heterocycles. The van der Waals surface area contributed by atoms with E-state index in [4.69, 9.17) is 16.3 Å². The largest absolute Gasteiger partial charge is 0.479 e. The molecule has 0 amide bonds. The highest BCUT2D eigenvalue weighted by atomic mass is 35.5. The van der Waals surface area contributed by atoms with Gasteiger partial charge in [0.2, 0.25) is 0 Å². The highest BCUT2D eigenvalue weighted by Crippen LogP contribution is 2.38. The molecule has 0 N–H and O–H groups in total. The number of ether oxygens (including phenoxy) is 1. The Kier molecular flexibility index (Phi) is 3.06. The normalized spacial score (nSPS) is 32.1. The fourth-order valence-corrected chi connectivity index (χ4v) is 3.49. The van der Waals surface area contributed by atoms with Crippen LogP contribution in [0.2, 0.25) is 0 Å². The minimum Gasteiger partial charge on any atom is -0.479 e. The van der Waals surface area contributed by atoms with Crippen LogP contribution >= 0.6 is 23.3 Å². The Labute approximate surface area is 110 Å². The first-order valence-corrected chi connectivity index (χ1v) is 6.93. The number of nitrogens with zero attached hydrogens (tertiary/aromatic N) is 3. The minimum atomic E-state index is -0.0932. The molecule has 0 aliphatic carbocycles. The minimum absolute atomic E-state index is 0.0932. The third-order valence-electron chi connectivity index (χ3n) is 3.41. The van der Waals surface area contributed by atoms with Gasteiger partial charge in [0.1, 0.15) is 11.2 Å². The van der Waals surface area contributed by atoms with Crippen molar-refractivity contribution in [1.82, 2.24) is 13.6 Å². The third kappa shape index (κ3) is 1.96. The van der Waals surface area contributed by atoms with Gasteiger partial charge in [-0.2, -0.15) is 4.37 Å². The summed E-state index contributed by atoms with van der Waals surface area (Å²) in [5.41, 5.74) is 1.78. The van der Waals surface area contributed by atoms with Gasteiger partial charge in [-0.25, -0.2) is 0 Å². The van der Waals surface area contributed by atoms with Gasteiger partial charge < -0.3 is 4.74 Å². The van der Waals surface area contributed by atoms with Gasteiger partial charge in [-0.3, -0.25) is 4.90 Å². The molecule has 3 rings (SSSR count). The van der Waals surface area contributed by atoms with Crippen LogP contribution in [-0.2, 0) is 0 Å². The highest BCUT2D eigenvalue weighted by molar-refractivity contribution is 6.99. The molecule has 0 aromatic carbocycles. The number of alkyl halides is 1. The van der Waals surface area contributed by atoms with Gasteiger partial charge in [0.15, 0.2) is 0 Å². The number of fused-ring (bicyclic) bond motifs is 2. The molecule has 17 heavy (non-hydrogen) atoms. The average molecular weight is 272 g/mol. The summed E-state index contributed by atoms with van der Waals surface area (Å²) >= 11 is 7.68. The molecular weight excluding hydrogens is 258 g/mol. The maximum absolute atomic E-state index is 6.51. The number of methoxy groups -OCH3 is 1. The highest BCUT2D eigenvalue weighted by Gasteiger charge is 2.34. The SMILES string of the molecule is COc1nsnc1C1=CC2CCCN(C2)C1Cl. The first kappa shape index (κ1) is 11.4. The smallest absolute Gasteiger partial charge is 0.253 e. The van der Waals surface area contributed by atoms with Crippen molar-refractivity contribution < 1.29 is 4.74 Å². The van der Waals surface area contributed by atoms with Gasteiger partial charge in [0, 0.05) is 12.1 Å². The summed E-state index contributed by atoms with van der Waals surface area (Å²) in [5.74, 6) is 1.19. The molecule has 3 unspecified atom stereocenters. The van der Waals surface area contributed by atoms with E-state index >= 15 is 0 Å². The maximum Gasteiger partial charge on any atom is 0.253 e. The second kappa shape index (κ2) is 4.55. The number of hydrogen-bond donors (Lipinski definition) is 0. The van der Waals surface area contributed by atoms with Crippen molar-refractivity contribution >= 4 is 28.9 Å². The first-order chi connectivity index (χ1) is 8.29. The monoisotopic (exact) mass is 271 g/mol. The van der Waals surface area contributed by atoms with Crippen molar-refractivity contribution in [2.45, 2.75) is 18.3 Å². The Morgan fingerprint density at radius 1 is 1.53 bits per heavy atom. The Balaban J connectivity index is 1.99. The van der Waals surface area contributed by atoms with Crippen molar-refractivity contribution in [3.05, 3.63) is 11.8 Å². The standard InChI is InChI=1S/C11H14ClN3OS/c1-16-11-9(13-17-14-11)8-5-7-3-2-4-15(6-7)10(8)12/h5,7,10H,2-4,6H2,1H3. The summed E-state index contributed by atoms with van der Waals surface area (Å²) < 4.78 is 13.7. The average Bonchev–Trinajstić information content (AvgIpc) is 2.82. The maximum atomic E-state index is 6.51. The number of piperidine rings is 1. The van der Waals surface area contributed by atoms with Crippen molar-refractivity contribution in [2.75, 3.05) is 20.2 Å². The van der Waals surface area contributed by atoms with Gasteiger partial charge in [-0.15, -0.1) is 16.0 Å². The first-order valence-electron chi connectivity index (χ1n) is 5.76. The molecule has 6 heteroatoms. The van der Waals surface area contributed by atoms with Gasteiger partial charge in [0.25, 0.3) is 5.88 Å². The molecular formula is C11H14ClN3OS. The van der Waals surface area contributed by atoms with Crippen LogP contribution in [0.25, 0.3) is 5.57 Å². The third-order valence-corrected chi connectivity index (χ3v) is 4.43.